The van der Waals surface area contributed by atoms with Crippen molar-refractivity contribution in [3.05, 3.63) is 0 Å². The van der Waals surface area contributed by atoms with E-state index in [2.05, 4.69) is 27.7 Å². The van der Waals surface area contributed by atoms with E-state index >= 15 is 0 Å². The largest absolute Gasteiger partial charge is 0.472 e. The lowest BCUT2D eigenvalue weighted by atomic mass is 10.0. The molecule has 19 heteroatoms. The zero-order valence-corrected chi connectivity index (χ0v) is 66.3. The van der Waals surface area contributed by atoms with Gasteiger partial charge in [-0.2, -0.15) is 0 Å². The minimum atomic E-state index is -4.96. The Labute approximate surface area is 607 Å². The van der Waals surface area contributed by atoms with Crippen LogP contribution in [0.5, 0.6) is 0 Å². The SMILES string of the molecule is CCCCCCCCCCCCCCCCCCCCCC(=O)O[C@H](COC(=O)CCCCCCCCCCCCCCCC)COP(=O)(O)OC[C@@H](O)COP(=O)(O)OC[C@@H](COC(=O)CCCCCCCCCCCCCC)OC(=O)CCCCCCCCCCCCCCCC. The molecule has 0 saturated heterocycles. The number of carbonyl (C=O) groups is 4. The summed E-state index contributed by atoms with van der Waals surface area (Å²) in [5, 5.41) is 10.6. The van der Waals surface area contributed by atoms with Gasteiger partial charge >= 0.3 is 39.5 Å². The zero-order chi connectivity index (χ0) is 72.5. The van der Waals surface area contributed by atoms with Crippen molar-refractivity contribution in [3.63, 3.8) is 0 Å². The summed E-state index contributed by atoms with van der Waals surface area (Å²) in [5.41, 5.74) is 0. The molecule has 0 saturated carbocycles. The van der Waals surface area contributed by atoms with Crippen molar-refractivity contribution in [1.82, 2.24) is 0 Å². The van der Waals surface area contributed by atoms with Gasteiger partial charge in [-0.3, -0.25) is 37.3 Å². The summed E-state index contributed by atoms with van der Waals surface area (Å²) in [5.74, 6) is -2.10. The third-order valence-electron chi connectivity index (χ3n) is 18.9. The van der Waals surface area contributed by atoms with E-state index in [1.54, 1.807) is 0 Å². The lowest BCUT2D eigenvalue weighted by Gasteiger charge is -2.21. The maximum Gasteiger partial charge on any atom is 0.472 e. The number of ether oxygens (including phenoxy) is 4. The van der Waals surface area contributed by atoms with Crippen molar-refractivity contribution >= 4 is 39.5 Å². The van der Waals surface area contributed by atoms with Crippen LogP contribution in [0.4, 0.5) is 0 Å². The fourth-order valence-corrected chi connectivity index (χ4v) is 14.0. The fraction of sp³-hybridized carbons (Fsp3) is 0.950. The van der Waals surface area contributed by atoms with Crippen LogP contribution in [0.15, 0.2) is 0 Å². The molecule has 0 fully saturated rings. The Morgan fingerprint density at radius 1 is 0.242 bits per heavy atom. The molecule has 0 aromatic rings. The molecule has 0 heterocycles. The van der Waals surface area contributed by atoms with E-state index in [1.807, 2.05) is 0 Å². The number of carbonyl (C=O) groups excluding carboxylic acids is 4. The normalized spacial score (nSPS) is 13.8. The maximum absolute atomic E-state index is 13.1. The maximum atomic E-state index is 13.1. The van der Waals surface area contributed by atoms with Crippen molar-refractivity contribution in [2.75, 3.05) is 39.6 Å². The Morgan fingerprint density at radius 3 is 0.596 bits per heavy atom. The second kappa shape index (κ2) is 74.3. The molecule has 2 unspecified atom stereocenters. The summed E-state index contributed by atoms with van der Waals surface area (Å²) in [6, 6.07) is 0. The van der Waals surface area contributed by atoms with Crippen LogP contribution in [0.3, 0.4) is 0 Å². The first-order chi connectivity index (χ1) is 48.2. The van der Waals surface area contributed by atoms with Gasteiger partial charge in [0.1, 0.15) is 19.3 Å². The minimum absolute atomic E-state index is 0.109. The summed E-state index contributed by atoms with van der Waals surface area (Å²) in [6.07, 6.45) is 66.4. The number of hydrogen-bond donors (Lipinski definition) is 3. The Hall–Kier alpha value is -1.94. The van der Waals surface area contributed by atoms with E-state index in [4.69, 9.17) is 37.0 Å². The summed E-state index contributed by atoms with van der Waals surface area (Å²) < 4.78 is 68.7. The van der Waals surface area contributed by atoms with Gasteiger partial charge in [-0.1, -0.05) is 381 Å². The molecule has 17 nitrogen and oxygen atoms in total. The quantitative estimate of drug-likeness (QED) is 0.0222. The highest BCUT2D eigenvalue weighted by atomic mass is 31.2. The molecule has 0 aromatic carbocycles. The van der Waals surface area contributed by atoms with Gasteiger partial charge in [0.05, 0.1) is 26.4 Å². The van der Waals surface area contributed by atoms with Gasteiger partial charge in [-0.15, -0.1) is 0 Å². The van der Waals surface area contributed by atoms with Crippen LogP contribution in [0, 0.1) is 0 Å². The Morgan fingerprint density at radius 2 is 0.404 bits per heavy atom. The molecule has 3 N–H and O–H groups in total. The van der Waals surface area contributed by atoms with Gasteiger partial charge in [0.25, 0.3) is 0 Å². The van der Waals surface area contributed by atoms with E-state index in [0.29, 0.717) is 25.7 Å². The third kappa shape index (κ3) is 74.1. The van der Waals surface area contributed by atoms with Gasteiger partial charge in [0.2, 0.25) is 0 Å². The summed E-state index contributed by atoms with van der Waals surface area (Å²) >= 11 is 0. The second-order valence-corrected chi connectivity index (χ2v) is 31.7. The number of rotatable bonds is 81. The molecule has 0 aromatic heterocycles. The number of aliphatic hydroxyl groups excluding tert-OH is 1. The highest BCUT2D eigenvalue weighted by molar-refractivity contribution is 7.47. The standard InChI is InChI=1S/C80H156O17P2/c1-5-9-13-17-21-25-29-33-36-37-38-39-40-43-47-51-55-59-63-67-80(85)97-76(71-91-78(83)65-61-57-53-49-45-41-34-30-26-22-18-14-10-6-2)73-95-99(88,89)93-69-74(81)68-92-98(86,87)94-72-75(70-90-77(82)64-60-56-52-48-44-32-28-24-20-16-12-8-4)96-79(84)66-62-58-54-50-46-42-35-31-27-23-19-15-11-7-3/h74-76,81H,5-73H2,1-4H3,(H,86,87)(H,88,89)/t74-,75+,76+/m0/s1. The van der Waals surface area contributed by atoms with E-state index in [9.17, 15) is 43.2 Å². The average Bonchev–Trinajstić information content (AvgIpc) is 0.996. The first-order valence-electron chi connectivity index (χ1n) is 41.8. The Kier molecular flexibility index (Phi) is 72.9. The molecule has 0 rings (SSSR count). The Bertz CT molecular complexity index is 1880. The van der Waals surface area contributed by atoms with E-state index in [-0.39, 0.29) is 25.7 Å². The van der Waals surface area contributed by atoms with Gasteiger partial charge < -0.3 is 33.8 Å². The average molecular weight is 1450 g/mol. The van der Waals surface area contributed by atoms with Crippen LogP contribution < -0.4 is 0 Å². The third-order valence-corrected chi connectivity index (χ3v) is 20.8. The zero-order valence-electron chi connectivity index (χ0n) is 64.5. The number of phosphoric acid groups is 2. The molecule has 0 radical (unpaired) electrons. The number of hydrogen-bond acceptors (Lipinski definition) is 15. The fourth-order valence-electron chi connectivity index (χ4n) is 12.5. The van der Waals surface area contributed by atoms with Crippen molar-refractivity contribution < 1.29 is 80.2 Å². The van der Waals surface area contributed by atoms with Crippen LogP contribution in [-0.4, -0.2) is 96.7 Å². The first-order valence-corrected chi connectivity index (χ1v) is 44.8. The monoisotopic (exact) mass is 1450 g/mol. The topological polar surface area (TPSA) is 237 Å². The molecule has 0 aliphatic heterocycles. The number of esters is 4. The number of aliphatic hydroxyl groups is 1. The van der Waals surface area contributed by atoms with Crippen molar-refractivity contribution in [3.8, 4) is 0 Å². The van der Waals surface area contributed by atoms with Gasteiger partial charge in [0.15, 0.2) is 12.2 Å². The second-order valence-electron chi connectivity index (χ2n) is 28.8. The minimum Gasteiger partial charge on any atom is -0.462 e. The summed E-state index contributed by atoms with van der Waals surface area (Å²) in [4.78, 5) is 73.0. The molecule has 0 aliphatic rings. The summed E-state index contributed by atoms with van der Waals surface area (Å²) in [7, 11) is -9.92. The number of unbranched alkanes of at least 4 members (excludes halogenated alkanes) is 55. The molecule has 5 atom stereocenters. The molecule has 99 heavy (non-hydrogen) atoms. The molecular formula is C80H156O17P2. The van der Waals surface area contributed by atoms with Gasteiger partial charge in [-0.05, 0) is 25.7 Å². The molecular weight excluding hydrogens is 1290 g/mol. The highest BCUT2D eigenvalue weighted by Gasteiger charge is 2.30. The highest BCUT2D eigenvalue weighted by Crippen LogP contribution is 2.45. The van der Waals surface area contributed by atoms with Crippen LogP contribution in [0.2, 0.25) is 0 Å². The predicted octanol–water partition coefficient (Wildman–Crippen LogP) is 24.2. The van der Waals surface area contributed by atoms with Gasteiger partial charge in [-0.25, -0.2) is 9.13 Å². The van der Waals surface area contributed by atoms with Crippen molar-refractivity contribution in [2.24, 2.45) is 0 Å². The van der Waals surface area contributed by atoms with E-state index < -0.39 is 97.5 Å². The lowest BCUT2D eigenvalue weighted by molar-refractivity contribution is -0.161. The van der Waals surface area contributed by atoms with E-state index in [1.165, 1.54) is 263 Å². The molecule has 0 bridgehead atoms. The van der Waals surface area contributed by atoms with Crippen LogP contribution in [0.25, 0.3) is 0 Å². The Balaban J connectivity index is 5.24. The molecule has 0 aliphatic carbocycles. The molecule has 0 amide bonds. The van der Waals surface area contributed by atoms with Crippen LogP contribution in [0.1, 0.15) is 432 Å². The number of phosphoric ester groups is 2. The van der Waals surface area contributed by atoms with Crippen molar-refractivity contribution in [1.29, 1.82) is 0 Å². The van der Waals surface area contributed by atoms with Crippen LogP contribution in [-0.2, 0) is 65.4 Å². The smallest absolute Gasteiger partial charge is 0.462 e. The first kappa shape index (κ1) is 97.1. The lowest BCUT2D eigenvalue weighted by Crippen LogP contribution is -2.30. The molecule has 0 spiro atoms. The summed E-state index contributed by atoms with van der Waals surface area (Å²) in [6.45, 7) is 5.03. The van der Waals surface area contributed by atoms with Crippen molar-refractivity contribution in [2.45, 2.75) is 451 Å². The predicted molar refractivity (Wildman–Crippen MR) is 405 cm³/mol. The van der Waals surface area contributed by atoms with E-state index in [0.717, 1.165) is 89.9 Å². The molecule has 588 valence electrons. The van der Waals surface area contributed by atoms with Gasteiger partial charge in [0, 0.05) is 25.7 Å². The van der Waals surface area contributed by atoms with Crippen LogP contribution >= 0.6 is 15.6 Å².